The molecule has 1 rings (SSSR count). The summed E-state index contributed by atoms with van der Waals surface area (Å²) in [6.07, 6.45) is 1.45. The van der Waals surface area contributed by atoms with Crippen molar-refractivity contribution in [2.24, 2.45) is 0 Å². The molecule has 0 saturated carbocycles. The van der Waals surface area contributed by atoms with Crippen LogP contribution in [0.1, 0.15) is 39.7 Å². The average molecular weight is 278 g/mol. The molecule has 0 heterocycles. The molecule has 112 valence electrons. The molecular weight excluding hydrogens is 252 g/mol. The molecule has 0 bridgehead atoms. The number of carbonyl (C=O) groups excluding carboxylic acids is 1. The summed E-state index contributed by atoms with van der Waals surface area (Å²) in [5.74, 6) is 0. The van der Waals surface area contributed by atoms with Gasteiger partial charge in [0.25, 0.3) is 0 Å². The van der Waals surface area contributed by atoms with E-state index in [-0.39, 0.29) is 6.09 Å². The smallest absolute Gasteiger partial charge is 0.410 e. The van der Waals surface area contributed by atoms with E-state index in [0.717, 1.165) is 24.1 Å². The predicted molar refractivity (Wildman–Crippen MR) is 82.7 cm³/mol. The van der Waals surface area contributed by atoms with Crippen molar-refractivity contribution >= 4 is 11.8 Å². The van der Waals surface area contributed by atoms with E-state index in [2.05, 4.69) is 6.92 Å². The van der Waals surface area contributed by atoms with Crippen molar-refractivity contribution < 1.29 is 9.53 Å². The fourth-order valence-corrected chi connectivity index (χ4v) is 1.90. The highest BCUT2D eigenvalue weighted by Crippen LogP contribution is 2.12. The van der Waals surface area contributed by atoms with Gasteiger partial charge in [0.1, 0.15) is 5.60 Å². The van der Waals surface area contributed by atoms with Crippen LogP contribution in [0.25, 0.3) is 0 Å². The fraction of sp³-hybridized carbons (Fsp3) is 0.562. The molecule has 0 aliphatic heterocycles. The van der Waals surface area contributed by atoms with E-state index in [0.29, 0.717) is 13.1 Å². The number of rotatable bonds is 5. The van der Waals surface area contributed by atoms with Gasteiger partial charge in [-0.15, -0.1) is 0 Å². The van der Waals surface area contributed by atoms with Crippen molar-refractivity contribution in [2.75, 3.05) is 18.8 Å². The fourth-order valence-electron chi connectivity index (χ4n) is 1.90. The van der Waals surface area contributed by atoms with E-state index in [9.17, 15) is 4.79 Å². The first-order chi connectivity index (χ1) is 9.31. The van der Waals surface area contributed by atoms with Crippen LogP contribution in [-0.4, -0.2) is 29.7 Å². The van der Waals surface area contributed by atoms with Crippen molar-refractivity contribution in [3.63, 3.8) is 0 Å². The van der Waals surface area contributed by atoms with Crippen LogP contribution in [0, 0.1) is 0 Å². The topological polar surface area (TPSA) is 55.6 Å². The van der Waals surface area contributed by atoms with Crippen molar-refractivity contribution in [1.29, 1.82) is 0 Å². The third-order valence-corrected chi connectivity index (χ3v) is 2.77. The molecule has 0 aliphatic rings. The number of anilines is 1. The zero-order valence-corrected chi connectivity index (χ0v) is 13.0. The Hall–Kier alpha value is -1.71. The van der Waals surface area contributed by atoms with E-state index >= 15 is 0 Å². The second kappa shape index (κ2) is 7.17. The van der Waals surface area contributed by atoms with Gasteiger partial charge in [-0.25, -0.2) is 4.79 Å². The molecule has 0 spiro atoms. The molecule has 0 radical (unpaired) electrons. The highest BCUT2D eigenvalue weighted by atomic mass is 16.6. The maximum absolute atomic E-state index is 12.1. The maximum Gasteiger partial charge on any atom is 0.410 e. The Morgan fingerprint density at radius 2 is 2.00 bits per heavy atom. The molecule has 1 amide bonds. The molecule has 0 unspecified atom stereocenters. The normalized spacial score (nSPS) is 11.2. The Morgan fingerprint density at radius 1 is 1.30 bits per heavy atom. The van der Waals surface area contributed by atoms with E-state index in [1.807, 2.05) is 45.0 Å². The van der Waals surface area contributed by atoms with Crippen molar-refractivity contribution in [3.8, 4) is 0 Å². The molecule has 4 nitrogen and oxygen atoms in total. The SMILES string of the molecule is CCCN(CCc1cccc(N)c1)C(=O)OC(C)(C)C. The summed E-state index contributed by atoms with van der Waals surface area (Å²) in [6.45, 7) is 9.05. The first kappa shape index (κ1) is 16.3. The molecule has 1 aromatic carbocycles. The van der Waals surface area contributed by atoms with Crippen LogP contribution in [-0.2, 0) is 11.2 Å². The Kier molecular flexibility index (Phi) is 5.86. The van der Waals surface area contributed by atoms with Gasteiger partial charge in [-0.3, -0.25) is 0 Å². The molecule has 1 aromatic rings. The average Bonchev–Trinajstić information content (AvgIpc) is 2.32. The quantitative estimate of drug-likeness (QED) is 0.839. The lowest BCUT2D eigenvalue weighted by molar-refractivity contribution is 0.0252. The van der Waals surface area contributed by atoms with Gasteiger partial charge in [0.05, 0.1) is 0 Å². The number of nitrogen functional groups attached to an aromatic ring is 1. The zero-order valence-electron chi connectivity index (χ0n) is 13.0. The Labute approximate surface area is 121 Å². The molecule has 20 heavy (non-hydrogen) atoms. The van der Waals surface area contributed by atoms with Crippen LogP contribution in [0.5, 0.6) is 0 Å². The zero-order chi connectivity index (χ0) is 15.2. The molecule has 0 aliphatic carbocycles. The summed E-state index contributed by atoms with van der Waals surface area (Å²) in [4.78, 5) is 13.9. The number of benzene rings is 1. The molecule has 0 fully saturated rings. The van der Waals surface area contributed by atoms with Gasteiger partial charge in [0.15, 0.2) is 0 Å². The van der Waals surface area contributed by atoms with Crippen LogP contribution in [0.3, 0.4) is 0 Å². The number of ether oxygens (including phenoxy) is 1. The van der Waals surface area contributed by atoms with Gasteiger partial charge in [0.2, 0.25) is 0 Å². The highest BCUT2D eigenvalue weighted by molar-refractivity contribution is 5.68. The summed E-state index contributed by atoms with van der Waals surface area (Å²) in [6, 6.07) is 7.76. The summed E-state index contributed by atoms with van der Waals surface area (Å²) >= 11 is 0. The lowest BCUT2D eigenvalue weighted by Crippen LogP contribution is -2.38. The number of hydrogen-bond acceptors (Lipinski definition) is 3. The van der Waals surface area contributed by atoms with Crippen LogP contribution in [0.2, 0.25) is 0 Å². The molecular formula is C16H26N2O2. The third-order valence-electron chi connectivity index (χ3n) is 2.77. The largest absolute Gasteiger partial charge is 0.444 e. The summed E-state index contributed by atoms with van der Waals surface area (Å²) in [7, 11) is 0. The molecule has 0 aromatic heterocycles. The highest BCUT2D eigenvalue weighted by Gasteiger charge is 2.21. The minimum Gasteiger partial charge on any atom is -0.444 e. The standard InChI is InChI=1S/C16H26N2O2/c1-5-10-18(15(19)20-16(2,3)4)11-9-13-7-6-8-14(17)12-13/h6-8,12H,5,9-11,17H2,1-4H3. The first-order valence-electron chi connectivity index (χ1n) is 7.14. The Bertz CT molecular complexity index is 438. The van der Waals surface area contributed by atoms with E-state index < -0.39 is 5.60 Å². The van der Waals surface area contributed by atoms with E-state index in [4.69, 9.17) is 10.5 Å². The Morgan fingerprint density at radius 3 is 2.55 bits per heavy atom. The predicted octanol–water partition coefficient (Wildman–Crippen LogP) is 3.46. The number of nitrogens with two attached hydrogens (primary N) is 1. The van der Waals surface area contributed by atoms with Crippen molar-refractivity contribution in [2.45, 2.75) is 46.1 Å². The van der Waals surface area contributed by atoms with Gasteiger partial charge in [-0.05, 0) is 51.3 Å². The summed E-state index contributed by atoms with van der Waals surface area (Å²) in [5.41, 5.74) is 7.19. The number of amides is 1. The van der Waals surface area contributed by atoms with Gasteiger partial charge < -0.3 is 15.4 Å². The van der Waals surface area contributed by atoms with Crippen LogP contribution >= 0.6 is 0 Å². The van der Waals surface area contributed by atoms with E-state index in [1.54, 1.807) is 4.90 Å². The van der Waals surface area contributed by atoms with Gasteiger partial charge in [0, 0.05) is 18.8 Å². The van der Waals surface area contributed by atoms with Crippen LogP contribution < -0.4 is 5.73 Å². The molecule has 2 N–H and O–H groups in total. The summed E-state index contributed by atoms with van der Waals surface area (Å²) < 4.78 is 5.43. The van der Waals surface area contributed by atoms with Crippen molar-refractivity contribution in [3.05, 3.63) is 29.8 Å². The minimum atomic E-state index is -0.458. The third kappa shape index (κ3) is 5.95. The maximum atomic E-state index is 12.1. The Balaban J connectivity index is 2.61. The molecule has 0 saturated heterocycles. The van der Waals surface area contributed by atoms with Gasteiger partial charge >= 0.3 is 6.09 Å². The molecule has 0 atom stereocenters. The van der Waals surface area contributed by atoms with E-state index in [1.165, 1.54) is 0 Å². The van der Waals surface area contributed by atoms with Crippen LogP contribution in [0.15, 0.2) is 24.3 Å². The second-order valence-electron chi connectivity index (χ2n) is 5.96. The molecule has 4 heteroatoms. The number of hydrogen-bond donors (Lipinski definition) is 1. The van der Waals surface area contributed by atoms with Gasteiger partial charge in [-0.2, -0.15) is 0 Å². The van der Waals surface area contributed by atoms with Gasteiger partial charge in [-0.1, -0.05) is 19.1 Å². The second-order valence-corrected chi connectivity index (χ2v) is 5.96. The number of carbonyl (C=O) groups is 1. The first-order valence-corrected chi connectivity index (χ1v) is 7.14. The summed E-state index contributed by atoms with van der Waals surface area (Å²) in [5, 5.41) is 0. The number of nitrogens with zero attached hydrogens (tertiary/aromatic N) is 1. The lowest BCUT2D eigenvalue weighted by Gasteiger charge is -2.27. The monoisotopic (exact) mass is 278 g/mol. The van der Waals surface area contributed by atoms with Crippen LogP contribution in [0.4, 0.5) is 10.5 Å². The lowest BCUT2D eigenvalue weighted by atomic mass is 10.1. The minimum absolute atomic E-state index is 0.247. The van der Waals surface area contributed by atoms with Crippen molar-refractivity contribution in [1.82, 2.24) is 4.90 Å².